The minimum Gasteiger partial charge on any atom is -0.381 e. The van der Waals surface area contributed by atoms with Crippen LogP contribution in [0, 0.1) is 6.92 Å². The molecule has 2 amide bonds. The highest BCUT2D eigenvalue weighted by Crippen LogP contribution is 2.19. The molecular weight excluding hydrogens is 340 g/mol. The van der Waals surface area contributed by atoms with E-state index in [9.17, 15) is 4.79 Å². The topological polar surface area (TPSA) is 73.4 Å². The summed E-state index contributed by atoms with van der Waals surface area (Å²) in [5.41, 5.74) is 2.10. The second kappa shape index (κ2) is 8.70. The lowest BCUT2D eigenvalue weighted by Gasteiger charge is -2.21. The van der Waals surface area contributed by atoms with E-state index >= 15 is 0 Å². The molecule has 2 N–H and O–H groups in total. The van der Waals surface area contributed by atoms with Gasteiger partial charge in [0.05, 0.1) is 11.9 Å². The van der Waals surface area contributed by atoms with Crippen molar-refractivity contribution in [3.05, 3.63) is 42.2 Å². The molecule has 0 radical (unpaired) electrons. The average Bonchev–Trinajstić information content (AvgIpc) is 2.88. The van der Waals surface area contributed by atoms with Crippen molar-refractivity contribution in [2.75, 3.05) is 42.7 Å². The number of rotatable bonds is 4. The normalized spacial score (nSPS) is 17.1. The van der Waals surface area contributed by atoms with Gasteiger partial charge in [0.15, 0.2) is 0 Å². The number of nitrogens with one attached hydrogen (secondary N) is 2. The van der Waals surface area contributed by atoms with Gasteiger partial charge in [0, 0.05) is 39.4 Å². The third-order valence-corrected chi connectivity index (χ3v) is 4.74. The van der Waals surface area contributed by atoms with Crippen LogP contribution in [0.4, 0.5) is 22.1 Å². The molecule has 1 atom stereocenters. The van der Waals surface area contributed by atoms with Crippen molar-refractivity contribution in [1.29, 1.82) is 0 Å². The molecule has 3 heterocycles. The number of likely N-dealkylation sites (tertiary alicyclic amines) is 1. The first-order valence-electron chi connectivity index (χ1n) is 9.40. The molecule has 0 unspecified atom stereocenters. The molecule has 1 aliphatic rings. The van der Waals surface area contributed by atoms with Crippen LogP contribution in [0.3, 0.4) is 0 Å². The van der Waals surface area contributed by atoms with Crippen LogP contribution in [0.2, 0.25) is 0 Å². The second-order valence-corrected chi connectivity index (χ2v) is 7.21. The first-order valence-corrected chi connectivity index (χ1v) is 9.40. The Bertz CT molecular complexity index is 761. The molecule has 7 heteroatoms. The maximum absolute atomic E-state index is 12.5. The number of hydrogen-bond donors (Lipinski definition) is 2. The van der Waals surface area contributed by atoms with Gasteiger partial charge in [-0.15, -0.1) is 0 Å². The number of anilines is 3. The number of hydrogen-bond acceptors (Lipinski definition) is 5. The molecule has 0 aliphatic carbocycles. The predicted octanol–water partition coefficient (Wildman–Crippen LogP) is 3.35. The highest BCUT2D eigenvalue weighted by Gasteiger charge is 2.21. The van der Waals surface area contributed by atoms with Crippen LogP contribution in [0.25, 0.3) is 0 Å². The fraction of sp³-hybridized carbons (Fsp3) is 0.450. The fourth-order valence-electron chi connectivity index (χ4n) is 3.21. The van der Waals surface area contributed by atoms with E-state index in [-0.39, 0.29) is 6.03 Å². The molecule has 7 nitrogen and oxygen atoms in total. The smallest absolute Gasteiger partial charge is 0.323 e. The molecule has 2 aromatic rings. The van der Waals surface area contributed by atoms with Crippen LogP contribution < -0.4 is 15.5 Å². The van der Waals surface area contributed by atoms with Crippen molar-refractivity contribution in [2.24, 2.45) is 0 Å². The zero-order valence-electron chi connectivity index (χ0n) is 16.3. The summed E-state index contributed by atoms with van der Waals surface area (Å²) in [7, 11) is 3.96. The van der Waals surface area contributed by atoms with E-state index in [0.29, 0.717) is 11.9 Å². The summed E-state index contributed by atoms with van der Waals surface area (Å²) in [6.07, 6.45) is 6.48. The number of aromatic nitrogens is 2. The van der Waals surface area contributed by atoms with Crippen LogP contribution >= 0.6 is 0 Å². The molecular formula is C20H28N6O. The van der Waals surface area contributed by atoms with Crippen molar-refractivity contribution in [3.8, 4) is 0 Å². The van der Waals surface area contributed by atoms with Crippen molar-refractivity contribution in [2.45, 2.75) is 32.2 Å². The number of carbonyl (C=O) groups is 1. The van der Waals surface area contributed by atoms with Crippen LogP contribution in [0.15, 0.2) is 36.7 Å². The molecule has 1 aliphatic heterocycles. The number of pyridine rings is 2. The standard InChI is InChI=1S/C20H28N6O/c1-15-8-10-21-18(13-15)24-20(27)26-11-4-5-16(9-12-26)23-17-6-7-19(22-14-17)25(2)3/h6-8,10,13-14,16,23H,4-5,9,11-12H2,1-3H3,(H,21,24,27)/t16-/m0/s1. The number of urea groups is 1. The summed E-state index contributed by atoms with van der Waals surface area (Å²) in [4.78, 5) is 25.0. The molecule has 3 rings (SSSR count). The third-order valence-electron chi connectivity index (χ3n) is 4.74. The van der Waals surface area contributed by atoms with Crippen LogP contribution in [0.5, 0.6) is 0 Å². The van der Waals surface area contributed by atoms with Crippen LogP contribution in [0.1, 0.15) is 24.8 Å². The minimum atomic E-state index is -0.0780. The molecule has 1 fully saturated rings. The van der Waals surface area contributed by atoms with E-state index < -0.39 is 0 Å². The summed E-state index contributed by atoms with van der Waals surface area (Å²) in [6, 6.07) is 8.12. The molecule has 0 aromatic carbocycles. The van der Waals surface area contributed by atoms with E-state index in [1.807, 2.05) is 55.2 Å². The van der Waals surface area contributed by atoms with Gasteiger partial charge in [-0.05, 0) is 56.0 Å². The average molecular weight is 368 g/mol. The highest BCUT2D eigenvalue weighted by molar-refractivity contribution is 5.88. The number of amides is 2. The van der Waals surface area contributed by atoms with Gasteiger partial charge in [0.1, 0.15) is 11.6 Å². The Hall–Kier alpha value is -2.83. The molecule has 2 aromatic heterocycles. The Morgan fingerprint density at radius 3 is 2.74 bits per heavy atom. The van der Waals surface area contributed by atoms with Gasteiger partial charge in [-0.3, -0.25) is 5.32 Å². The Kier molecular flexibility index (Phi) is 6.11. The Balaban J connectivity index is 1.53. The van der Waals surface area contributed by atoms with Gasteiger partial charge in [-0.2, -0.15) is 0 Å². The Labute approximate surface area is 160 Å². The SMILES string of the molecule is Cc1ccnc(NC(=O)N2CCC[C@H](Nc3ccc(N(C)C)nc3)CC2)c1. The second-order valence-electron chi connectivity index (χ2n) is 7.21. The summed E-state index contributed by atoms with van der Waals surface area (Å²) < 4.78 is 0. The van der Waals surface area contributed by atoms with Crippen molar-refractivity contribution in [1.82, 2.24) is 14.9 Å². The maximum atomic E-state index is 12.5. The molecule has 0 bridgehead atoms. The Morgan fingerprint density at radius 2 is 2.04 bits per heavy atom. The lowest BCUT2D eigenvalue weighted by molar-refractivity contribution is 0.213. The molecule has 27 heavy (non-hydrogen) atoms. The summed E-state index contributed by atoms with van der Waals surface area (Å²) in [5, 5.41) is 6.45. The first kappa shape index (κ1) is 18.9. The largest absolute Gasteiger partial charge is 0.381 e. The van der Waals surface area contributed by atoms with Gasteiger partial charge in [0.25, 0.3) is 0 Å². The number of carbonyl (C=O) groups excluding carboxylic acids is 1. The predicted molar refractivity (Wildman–Crippen MR) is 109 cm³/mol. The van der Waals surface area contributed by atoms with Crippen molar-refractivity contribution >= 4 is 23.4 Å². The van der Waals surface area contributed by atoms with E-state index in [2.05, 4.69) is 26.7 Å². The van der Waals surface area contributed by atoms with E-state index in [4.69, 9.17) is 0 Å². The van der Waals surface area contributed by atoms with E-state index in [0.717, 1.165) is 49.4 Å². The fourth-order valence-corrected chi connectivity index (χ4v) is 3.21. The maximum Gasteiger partial charge on any atom is 0.323 e. The van der Waals surface area contributed by atoms with Crippen molar-refractivity contribution < 1.29 is 4.79 Å². The van der Waals surface area contributed by atoms with E-state index in [1.54, 1.807) is 6.20 Å². The zero-order chi connectivity index (χ0) is 19.2. The van der Waals surface area contributed by atoms with Gasteiger partial charge in [-0.1, -0.05) is 0 Å². The number of aryl methyl sites for hydroxylation is 1. The first-order chi connectivity index (χ1) is 13.0. The van der Waals surface area contributed by atoms with Crippen LogP contribution in [-0.2, 0) is 0 Å². The van der Waals surface area contributed by atoms with Gasteiger partial charge >= 0.3 is 6.03 Å². The molecule has 0 saturated carbocycles. The third kappa shape index (κ3) is 5.32. The van der Waals surface area contributed by atoms with Gasteiger partial charge < -0.3 is 15.1 Å². The summed E-state index contributed by atoms with van der Waals surface area (Å²) in [5.74, 6) is 1.54. The number of nitrogens with zero attached hydrogens (tertiary/aromatic N) is 4. The quantitative estimate of drug-likeness (QED) is 0.866. The monoisotopic (exact) mass is 368 g/mol. The summed E-state index contributed by atoms with van der Waals surface area (Å²) in [6.45, 7) is 3.46. The van der Waals surface area contributed by atoms with Crippen LogP contribution in [-0.4, -0.2) is 54.1 Å². The Morgan fingerprint density at radius 1 is 1.19 bits per heavy atom. The van der Waals surface area contributed by atoms with Crippen molar-refractivity contribution in [3.63, 3.8) is 0 Å². The molecule has 0 spiro atoms. The minimum absolute atomic E-state index is 0.0780. The lowest BCUT2D eigenvalue weighted by atomic mass is 10.1. The van der Waals surface area contributed by atoms with E-state index in [1.165, 1.54) is 0 Å². The molecule has 144 valence electrons. The zero-order valence-corrected chi connectivity index (χ0v) is 16.3. The van der Waals surface area contributed by atoms with Gasteiger partial charge in [-0.25, -0.2) is 14.8 Å². The van der Waals surface area contributed by atoms with Gasteiger partial charge in [0.2, 0.25) is 0 Å². The molecule has 1 saturated heterocycles. The summed E-state index contributed by atoms with van der Waals surface area (Å²) >= 11 is 0. The lowest BCUT2D eigenvalue weighted by Crippen LogP contribution is -2.36. The highest BCUT2D eigenvalue weighted by atomic mass is 16.2.